The van der Waals surface area contributed by atoms with Crippen molar-refractivity contribution in [3.05, 3.63) is 0 Å². The van der Waals surface area contributed by atoms with E-state index in [1.165, 1.54) is 58.0 Å². The summed E-state index contributed by atoms with van der Waals surface area (Å²) in [5, 5.41) is 9.83. The molecule has 2 rings (SSSR count). The van der Waals surface area contributed by atoms with Gasteiger partial charge in [0.15, 0.2) is 0 Å². The van der Waals surface area contributed by atoms with Gasteiger partial charge in [0, 0.05) is 18.6 Å². The Balaban J connectivity index is 1.84. The molecule has 2 heteroatoms. The third-order valence-corrected chi connectivity index (χ3v) is 5.62. The normalized spacial score (nSPS) is 26.5. The smallest absolute Gasteiger partial charge is 0.0499 e. The molecule has 0 aromatic rings. The van der Waals surface area contributed by atoms with Gasteiger partial charge in [0.1, 0.15) is 0 Å². The second-order valence-corrected chi connectivity index (χ2v) is 8.14. The van der Waals surface area contributed by atoms with Crippen LogP contribution < -0.4 is 0 Å². The van der Waals surface area contributed by atoms with Crippen LogP contribution in [-0.2, 0) is 0 Å². The molecule has 0 atom stereocenters. The van der Waals surface area contributed by atoms with Crippen LogP contribution in [0.4, 0.5) is 0 Å². The van der Waals surface area contributed by atoms with Gasteiger partial charge in [0.05, 0.1) is 0 Å². The molecule has 1 aliphatic carbocycles. The van der Waals surface area contributed by atoms with Crippen molar-refractivity contribution in [1.29, 1.82) is 0 Å². The van der Waals surface area contributed by atoms with Crippen LogP contribution >= 0.6 is 0 Å². The number of nitrogens with zero attached hydrogens (tertiary/aromatic N) is 1. The molecule has 2 aliphatic rings. The lowest BCUT2D eigenvalue weighted by atomic mass is 9.72. The molecule has 0 bridgehead atoms. The van der Waals surface area contributed by atoms with Crippen LogP contribution in [0.2, 0.25) is 0 Å². The number of hydrogen-bond acceptors (Lipinski definition) is 2. The Kier molecular flexibility index (Phi) is 4.94. The Morgan fingerprint density at radius 2 is 1.63 bits per heavy atom. The van der Waals surface area contributed by atoms with Crippen LogP contribution in [0.25, 0.3) is 0 Å². The summed E-state index contributed by atoms with van der Waals surface area (Å²) in [7, 11) is 0. The van der Waals surface area contributed by atoms with Crippen molar-refractivity contribution in [3.8, 4) is 0 Å². The number of aliphatic hydroxyl groups is 1. The molecule has 1 saturated carbocycles. The number of piperidine rings is 1. The van der Waals surface area contributed by atoms with Crippen molar-refractivity contribution in [2.75, 3.05) is 26.2 Å². The summed E-state index contributed by atoms with van der Waals surface area (Å²) < 4.78 is 0. The number of hydrogen-bond donors (Lipinski definition) is 1. The predicted molar refractivity (Wildman–Crippen MR) is 81.2 cm³/mol. The van der Waals surface area contributed by atoms with Gasteiger partial charge in [-0.1, -0.05) is 40.0 Å². The van der Waals surface area contributed by atoms with Crippen molar-refractivity contribution in [2.45, 2.75) is 65.7 Å². The maximum absolute atomic E-state index is 9.83. The van der Waals surface area contributed by atoms with Crippen molar-refractivity contribution in [1.82, 2.24) is 4.90 Å². The highest BCUT2D eigenvalue weighted by Gasteiger charge is 2.35. The molecule has 0 spiro atoms. The van der Waals surface area contributed by atoms with Crippen molar-refractivity contribution in [3.63, 3.8) is 0 Å². The van der Waals surface area contributed by atoms with E-state index in [1.807, 2.05) is 0 Å². The fourth-order valence-electron chi connectivity index (χ4n) is 4.10. The minimum Gasteiger partial charge on any atom is -0.396 e. The molecular formula is C17H33NO. The fraction of sp³-hybridized carbons (Fsp3) is 1.00. The molecule has 19 heavy (non-hydrogen) atoms. The van der Waals surface area contributed by atoms with Gasteiger partial charge in [-0.3, -0.25) is 0 Å². The first-order valence-electron chi connectivity index (χ1n) is 8.28. The Labute approximate surface area is 119 Å². The standard InChI is InChI=1S/C17H33NO/c1-16(2,3)15-7-11-18(12-8-15)13-17(14-19)9-5-4-6-10-17/h15,19H,4-14H2,1-3H3. The highest BCUT2D eigenvalue weighted by Crippen LogP contribution is 2.39. The lowest BCUT2D eigenvalue weighted by Crippen LogP contribution is -2.46. The molecular weight excluding hydrogens is 234 g/mol. The molecule has 2 nitrogen and oxygen atoms in total. The monoisotopic (exact) mass is 267 g/mol. The zero-order valence-electron chi connectivity index (χ0n) is 13.2. The summed E-state index contributed by atoms with van der Waals surface area (Å²) in [6.45, 7) is 11.1. The van der Waals surface area contributed by atoms with Crippen LogP contribution in [0.3, 0.4) is 0 Å². The minimum atomic E-state index is 0.229. The molecule has 0 radical (unpaired) electrons. The molecule has 0 amide bonds. The minimum absolute atomic E-state index is 0.229. The summed E-state index contributed by atoms with van der Waals surface area (Å²) >= 11 is 0. The van der Waals surface area contributed by atoms with Crippen LogP contribution in [0.5, 0.6) is 0 Å². The third-order valence-electron chi connectivity index (χ3n) is 5.62. The van der Waals surface area contributed by atoms with Crippen LogP contribution in [0.1, 0.15) is 65.7 Å². The van der Waals surface area contributed by atoms with Gasteiger partial charge in [-0.15, -0.1) is 0 Å². The van der Waals surface area contributed by atoms with Crippen molar-refractivity contribution < 1.29 is 5.11 Å². The molecule has 1 saturated heterocycles. The Morgan fingerprint density at radius 3 is 2.11 bits per heavy atom. The molecule has 1 heterocycles. The highest BCUT2D eigenvalue weighted by molar-refractivity contribution is 4.88. The molecule has 0 aromatic heterocycles. The summed E-state index contributed by atoms with van der Waals surface area (Å²) in [5.74, 6) is 0.875. The molecule has 1 N–H and O–H groups in total. The topological polar surface area (TPSA) is 23.5 Å². The zero-order chi connectivity index (χ0) is 13.9. The van der Waals surface area contributed by atoms with Crippen LogP contribution in [0.15, 0.2) is 0 Å². The van der Waals surface area contributed by atoms with E-state index in [1.54, 1.807) is 0 Å². The summed E-state index contributed by atoms with van der Waals surface area (Å²) in [6.07, 6.45) is 9.16. The number of rotatable bonds is 3. The lowest BCUT2D eigenvalue weighted by Gasteiger charge is -2.44. The van der Waals surface area contributed by atoms with E-state index < -0.39 is 0 Å². The lowest BCUT2D eigenvalue weighted by molar-refractivity contribution is 0.0188. The first kappa shape index (κ1) is 15.3. The van der Waals surface area contributed by atoms with Gasteiger partial charge in [-0.05, 0) is 50.1 Å². The average Bonchev–Trinajstić information content (AvgIpc) is 2.39. The first-order chi connectivity index (χ1) is 8.95. The maximum Gasteiger partial charge on any atom is 0.0499 e. The van der Waals surface area contributed by atoms with Gasteiger partial charge in [-0.2, -0.15) is 0 Å². The number of likely N-dealkylation sites (tertiary alicyclic amines) is 1. The van der Waals surface area contributed by atoms with E-state index in [4.69, 9.17) is 0 Å². The molecule has 112 valence electrons. The van der Waals surface area contributed by atoms with Gasteiger partial charge >= 0.3 is 0 Å². The quantitative estimate of drug-likeness (QED) is 0.843. The Hall–Kier alpha value is -0.0800. The Morgan fingerprint density at radius 1 is 1.05 bits per heavy atom. The van der Waals surface area contributed by atoms with E-state index in [0.29, 0.717) is 12.0 Å². The van der Waals surface area contributed by atoms with Crippen molar-refractivity contribution >= 4 is 0 Å². The molecule has 0 aromatic carbocycles. The van der Waals surface area contributed by atoms with E-state index in [0.717, 1.165) is 12.5 Å². The zero-order valence-corrected chi connectivity index (χ0v) is 13.2. The van der Waals surface area contributed by atoms with Gasteiger partial charge < -0.3 is 10.0 Å². The largest absolute Gasteiger partial charge is 0.396 e. The van der Waals surface area contributed by atoms with Gasteiger partial charge in [-0.25, -0.2) is 0 Å². The molecule has 0 unspecified atom stereocenters. The van der Waals surface area contributed by atoms with E-state index >= 15 is 0 Å². The second-order valence-electron chi connectivity index (χ2n) is 8.14. The second kappa shape index (κ2) is 6.13. The summed E-state index contributed by atoms with van der Waals surface area (Å²) in [4.78, 5) is 2.63. The fourth-order valence-corrected chi connectivity index (χ4v) is 4.10. The Bertz CT molecular complexity index is 267. The van der Waals surface area contributed by atoms with E-state index in [9.17, 15) is 5.11 Å². The van der Waals surface area contributed by atoms with Gasteiger partial charge in [0.25, 0.3) is 0 Å². The third kappa shape index (κ3) is 3.95. The van der Waals surface area contributed by atoms with E-state index in [2.05, 4.69) is 25.7 Å². The van der Waals surface area contributed by atoms with Gasteiger partial charge in [0.2, 0.25) is 0 Å². The first-order valence-corrected chi connectivity index (χ1v) is 8.28. The molecule has 2 fully saturated rings. The van der Waals surface area contributed by atoms with Crippen LogP contribution in [-0.4, -0.2) is 36.2 Å². The van der Waals surface area contributed by atoms with Crippen LogP contribution in [0, 0.1) is 16.7 Å². The number of aliphatic hydroxyl groups excluding tert-OH is 1. The highest BCUT2D eigenvalue weighted by atomic mass is 16.3. The predicted octanol–water partition coefficient (Wildman–Crippen LogP) is 3.69. The summed E-state index contributed by atoms with van der Waals surface area (Å²) in [5.41, 5.74) is 0.693. The molecule has 1 aliphatic heterocycles. The van der Waals surface area contributed by atoms with Crippen molar-refractivity contribution in [2.24, 2.45) is 16.7 Å². The average molecular weight is 267 g/mol. The van der Waals surface area contributed by atoms with E-state index in [-0.39, 0.29) is 5.41 Å². The SMILES string of the molecule is CC(C)(C)C1CCN(CC2(CO)CCCCC2)CC1. The summed E-state index contributed by atoms with van der Waals surface area (Å²) in [6, 6.07) is 0. The maximum atomic E-state index is 9.83.